The summed E-state index contributed by atoms with van der Waals surface area (Å²) in [6, 6.07) is 20.8. The van der Waals surface area contributed by atoms with Gasteiger partial charge in [0.1, 0.15) is 5.75 Å². The lowest BCUT2D eigenvalue weighted by Crippen LogP contribution is -2.11. The Labute approximate surface area is 213 Å². The summed E-state index contributed by atoms with van der Waals surface area (Å²) in [5, 5.41) is 0.714. The van der Waals surface area contributed by atoms with Crippen LogP contribution in [0.25, 0.3) is 16.6 Å². The number of hydrogen-bond acceptors (Lipinski definition) is 5. The van der Waals surface area contributed by atoms with Crippen LogP contribution in [0, 0.1) is 6.92 Å². The molecule has 4 aromatic rings. The zero-order valence-electron chi connectivity index (χ0n) is 20.2. The number of halogens is 1. The predicted octanol–water partition coefficient (Wildman–Crippen LogP) is 6.21. The quantitative estimate of drug-likeness (QED) is 0.199. The highest BCUT2D eigenvalue weighted by molar-refractivity contribution is 9.10. The van der Waals surface area contributed by atoms with Gasteiger partial charge in [-0.2, -0.15) is 0 Å². The highest BCUT2D eigenvalue weighted by atomic mass is 79.9. The maximum absolute atomic E-state index is 12.9. The smallest absolute Gasteiger partial charge is 0.340 e. The maximum Gasteiger partial charge on any atom is 0.340 e. The molecular formula is C28H27BrN2O4. The minimum absolute atomic E-state index is 0.104. The molecule has 0 saturated heterocycles. The zero-order chi connectivity index (χ0) is 25.1. The fraction of sp³-hybridized carbons (Fsp3) is 0.214. The van der Waals surface area contributed by atoms with Gasteiger partial charge in [0.15, 0.2) is 12.4 Å². The van der Waals surface area contributed by atoms with Crippen molar-refractivity contribution in [3.8, 4) is 11.4 Å². The Morgan fingerprint density at radius 1 is 0.971 bits per heavy atom. The molecule has 0 unspecified atom stereocenters. The van der Waals surface area contributed by atoms with Gasteiger partial charge in [-0.15, -0.1) is 0 Å². The zero-order valence-corrected chi connectivity index (χ0v) is 21.8. The standard InChI is InChI=1S/C28H27BrN2O4/c1-5-34-28(33)27-18(2)31(22-12-10-21(11-13-22)30(3)4)25-15-14-23(16-24(25)27)35-17-26(32)19-6-8-20(29)9-7-19/h6-16H,5,17H2,1-4H3. The summed E-state index contributed by atoms with van der Waals surface area (Å²) in [4.78, 5) is 27.5. The monoisotopic (exact) mass is 534 g/mol. The Balaban J connectivity index is 1.71. The molecule has 0 atom stereocenters. The molecule has 1 heterocycles. The van der Waals surface area contributed by atoms with E-state index in [9.17, 15) is 9.59 Å². The normalized spacial score (nSPS) is 10.9. The van der Waals surface area contributed by atoms with Gasteiger partial charge in [-0.05, 0) is 68.4 Å². The van der Waals surface area contributed by atoms with E-state index in [0.717, 1.165) is 27.1 Å². The topological polar surface area (TPSA) is 60.8 Å². The van der Waals surface area contributed by atoms with Crippen molar-refractivity contribution >= 4 is 44.3 Å². The number of rotatable bonds is 8. The van der Waals surface area contributed by atoms with Crippen LogP contribution in [0.15, 0.2) is 71.2 Å². The van der Waals surface area contributed by atoms with E-state index in [4.69, 9.17) is 9.47 Å². The van der Waals surface area contributed by atoms with E-state index in [-0.39, 0.29) is 25.0 Å². The number of esters is 1. The molecule has 0 aliphatic carbocycles. The number of benzene rings is 3. The van der Waals surface area contributed by atoms with Crippen molar-refractivity contribution in [3.05, 3.63) is 88.0 Å². The van der Waals surface area contributed by atoms with Crippen LogP contribution in [0.4, 0.5) is 5.69 Å². The van der Waals surface area contributed by atoms with Crippen LogP contribution in [0.3, 0.4) is 0 Å². The third-order valence-corrected chi connectivity index (χ3v) is 6.34. The lowest BCUT2D eigenvalue weighted by molar-refractivity contribution is 0.0527. The van der Waals surface area contributed by atoms with Crippen molar-refractivity contribution < 1.29 is 19.1 Å². The summed E-state index contributed by atoms with van der Waals surface area (Å²) >= 11 is 3.37. The molecule has 0 saturated carbocycles. The fourth-order valence-electron chi connectivity index (χ4n) is 4.05. The molecule has 1 aromatic heterocycles. The van der Waals surface area contributed by atoms with Crippen LogP contribution < -0.4 is 9.64 Å². The second-order valence-corrected chi connectivity index (χ2v) is 9.24. The molecule has 0 bridgehead atoms. The van der Waals surface area contributed by atoms with E-state index in [1.165, 1.54) is 0 Å². The van der Waals surface area contributed by atoms with Crippen molar-refractivity contribution in [2.45, 2.75) is 13.8 Å². The number of ether oxygens (including phenoxy) is 2. The molecule has 0 fully saturated rings. The van der Waals surface area contributed by atoms with Gasteiger partial charge in [0.2, 0.25) is 0 Å². The van der Waals surface area contributed by atoms with Crippen molar-refractivity contribution in [2.75, 3.05) is 32.2 Å². The molecule has 4 rings (SSSR count). The van der Waals surface area contributed by atoms with Gasteiger partial charge in [-0.25, -0.2) is 4.79 Å². The average Bonchev–Trinajstić information content (AvgIpc) is 3.14. The molecule has 0 aliphatic heterocycles. The SMILES string of the molecule is CCOC(=O)c1c(C)n(-c2ccc(N(C)C)cc2)c2ccc(OCC(=O)c3ccc(Br)cc3)cc12. The molecule has 0 aliphatic rings. The van der Waals surface area contributed by atoms with E-state index in [2.05, 4.69) is 15.9 Å². The first-order chi connectivity index (χ1) is 16.8. The Hall–Kier alpha value is -3.58. The molecule has 180 valence electrons. The van der Waals surface area contributed by atoms with Crippen LogP contribution in [0.1, 0.15) is 33.3 Å². The van der Waals surface area contributed by atoms with Gasteiger partial charge in [-0.3, -0.25) is 4.79 Å². The van der Waals surface area contributed by atoms with Crippen LogP contribution in [-0.4, -0.2) is 43.6 Å². The molecule has 0 radical (unpaired) electrons. The maximum atomic E-state index is 12.9. The van der Waals surface area contributed by atoms with Crippen LogP contribution in [-0.2, 0) is 4.74 Å². The lowest BCUT2D eigenvalue weighted by atomic mass is 10.1. The minimum Gasteiger partial charge on any atom is -0.485 e. The first-order valence-electron chi connectivity index (χ1n) is 11.3. The number of ketones is 1. The number of carbonyl (C=O) groups is 2. The molecular weight excluding hydrogens is 508 g/mol. The second kappa shape index (κ2) is 10.4. The summed E-state index contributed by atoms with van der Waals surface area (Å²) in [7, 11) is 3.99. The lowest BCUT2D eigenvalue weighted by Gasteiger charge is -2.14. The van der Waals surface area contributed by atoms with Crippen LogP contribution in [0.5, 0.6) is 5.75 Å². The van der Waals surface area contributed by atoms with E-state index in [0.29, 0.717) is 22.3 Å². The van der Waals surface area contributed by atoms with Crippen molar-refractivity contribution in [2.24, 2.45) is 0 Å². The van der Waals surface area contributed by atoms with Crippen LogP contribution in [0.2, 0.25) is 0 Å². The number of fused-ring (bicyclic) bond motifs is 1. The number of hydrogen-bond donors (Lipinski definition) is 0. The molecule has 0 spiro atoms. The fourth-order valence-corrected chi connectivity index (χ4v) is 4.31. The molecule has 0 N–H and O–H groups in total. The Bertz CT molecular complexity index is 1370. The van der Waals surface area contributed by atoms with Gasteiger partial charge >= 0.3 is 5.97 Å². The molecule has 7 heteroatoms. The second-order valence-electron chi connectivity index (χ2n) is 8.32. The van der Waals surface area contributed by atoms with Gasteiger partial charge in [0.25, 0.3) is 0 Å². The third kappa shape index (κ3) is 5.10. The number of nitrogens with zero attached hydrogens (tertiary/aromatic N) is 2. The first-order valence-corrected chi connectivity index (χ1v) is 12.1. The first kappa shape index (κ1) is 24.5. The number of Topliss-reactive ketones (excluding diaryl/α,β-unsaturated/α-hetero) is 1. The number of carbonyl (C=O) groups excluding carboxylic acids is 2. The Morgan fingerprint density at radius 2 is 1.66 bits per heavy atom. The largest absolute Gasteiger partial charge is 0.485 e. The summed E-state index contributed by atoms with van der Waals surface area (Å²) in [5.74, 6) is -0.00619. The van der Waals surface area contributed by atoms with Crippen LogP contribution >= 0.6 is 15.9 Å². The Kier molecular flexibility index (Phi) is 7.26. The van der Waals surface area contributed by atoms with E-state index in [1.54, 1.807) is 25.1 Å². The summed E-state index contributed by atoms with van der Waals surface area (Å²) in [5.41, 5.74) is 4.72. The summed E-state index contributed by atoms with van der Waals surface area (Å²) in [6.07, 6.45) is 0. The van der Waals surface area contributed by atoms with Gasteiger partial charge in [0.05, 0.1) is 17.7 Å². The summed E-state index contributed by atoms with van der Waals surface area (Å²) in [6.45, 7) is 3.87. The number of aromatic nitrogens is 1. The predicted molar refractivity (Wildman–Crippen MR) is 142 cm³/mol. The minimum atomic E-state index is -0.387. The molecule has 0 amide bonds. The van der Waals surface area contributed by atoms with Crippen molar-refractivity contribution in [1.29, 1.82) is 0 Å². The van der Waals surface area contributed by atoms with Gasteiger partial charge in [-0.1, -0.05) is 28.1 Å². The van der Waals surface area contributed by atoms with Crippen molar-refractivity contribution in [3.63, 3.8) is 0 Å². The summed E-state index contributed by atoms with van der Waals surface area (Å²) < 4.78 is 14.1. The highest BCUT2D eigenvalue weighted by Gasteiger charge is 2.22. The number of anilines is 1. The van der Waals surface area contributed by atoms with Gasteiger partial charge in [0, 0.05) is 46.6 Å². The van der Waals surface area contributed by atoms with E-state index < -0.39 is 0 Å². The molecule has 3 aromatic carbocycles. The van der Waals surface area contributed by atoms with E-state index in [1.807, 2.05) is 79.0 Å². The highest BCUT2D eigenvalue weighted by Crippen LogP contribution is 2.33. The van der Waals surface area contributed by atoms with E-state index >= 15 is 0 Å². The van der Waals surface area contributed by atoms with Gasteiger partial charge < -0.3 is 18.9 Å². The third-order valence-electron chi connectivity index (χ3n) is 5.82. The Morgan fingerprint density at radius 3 is 2.29 bits per heavy atom. The van der Waals surface area contributed by atoms with Crippen molar-refractivity contribution in [1.82, 2.24) is 4.57 Å². The molecule has 6 nitrogen and oxygen atoms in total. The molecule has 35 heavy (non-hydrogen) atoms. The average molecular weight is 535 g/mol.